The highest BCUT2D eigenvalue weighted by molar-refractivity contribution is 7.99. The van der Waals surface area contributed by atoms with Crippen molar-refractivity contribution in [2.75, 3.05) is 18.8 Å². The van der Waals surface area contributed by atoms with Crippen LogP contribution in [-0.2, 0) is 11.3 Å². The number of carbonyl (C=O) groups is 2. The zero-order valence-electron chi connectivity index (χ0n) is 26.3. The first kappa shape index (κ1) is 36.9. The predicted octanol–water partition coefficient (Wildman–Crippen LogP) is 7.41. The minimum Gasteiger partial charge on any atom is -0.494 e. The van der Waals surface area contributed by atoms with E-state index in [1.807, 2.05) is 6.08 Å². The van der Waals surface area contributed by atoms with E-state index in [1.54, 1.807) is 18.3 Å². The molecule has 0 radical (unpaired) electrons. The van der Waals surface area contributed by atoms with Crippen LogP contribution in [-0.4, -0.2) is 50.4 Å². The molecule has 2 heterocycles. The number of hydrogen-bond acceptors (Lipinski definition) is 6. The van der Waals surface area contributed by atoms with Gasteiger partial charge in [-0.2, -0.15) is 0 Å². The van der Waals surface area contributed by atoms with Crippen LogP contribution in [0.1, 0.15) is 68.6 Å². The van der Waals surface area contributed by atoms with E-state index in [4.69, 9.17) is 0 Å². The number of carbonyl (C=O) groups excluding carboxylic acids is 2. The highest BCUT2D eigenvalue weighted by Crippen LogP contribution is 2.35. The van der Waals surface area contributed by atoms with Gasteiger partial charge in [-0.25, -0.2) is 0 Å². The molecule has 2 aromatic rings. The van der Waals surface area contributed by atoms with Gasteiger partial charge in [0.05, 0.1) is 10.5 Å². The van der Waals surface area contributed by atoms with Crippen LogP contribution in [0.15, 0.2) is 108 Å². The molecule has 45 heavy (non-hydrogen) atoms. The maximum absolute atomic E-state index is 12.2. The van der Waals surface area contributed by atoms with Crippen LogP contribution in [0.25, 0.3) is 0 Å². The second-order valence-corrected chi connectivity index (χ2v) is 11.1. The molecule has 9 heteroatoms. The third kappa shape index (κ3) is 17.0. The number of hydrogen-bond donors (Lipinski definition) is 4. The lowest BCUT2D eigenvalue weighted by atomic mass is 10.2. The van der Waals surface area contributed by atoms with Crippen LogP contribution >= 0.6 is 11.8 Å². The quantitative estimate of drug-likeness (QED) is 0.0610. The normalized spacial score (nSPS) is 12.2. The van der Waals surface area contributed by atoms with Gasteiger partial charge in [-0.05, 0) is 57.1 Å². The molecule has 0 bridgehead atoms. The van der Waals surface area contributed by atoms with Crippen molar-refractivity contribution in [1.29, 1.82) is 0 Å². The maximum atomic E-state index is 12.2. The largest absolute Gasteiger partial charge is 0.494 e. The molecule has 242 valence electrons. The maximum Gasteiger partial charge on any atom is 0.252 e. The van der Waals surface area contributed by atoms with Crippen molar-refractivity contribution in [3.8, 4) is 11.8 Å². The van der Waals surface area contributed by atoms with Crippen LogP contribution in [0.3, 0.4) is 0 Å². The molecular weight excluding hydrogens is 584 g/mol. The Labute approximate surface area is 272 Å². The van der Waals surface area contributed by atoms with E-state index in [1.165, 1.54) is 28.6 Å². The Bertz CT molecular complexity index is 1310. The van der Waals surface area contributed by atoms with Gasteiger partial charge in [0, 0.05) is 50.3 Å². The number of nitrogens with zero attached hydrogens (tertiary/aromatic N) is 2. The second kappa shape index (κ2) is 24.1. The zero-order valence-corrected chi connectivity index (χ0v) is 27.1. The van der Waals surface area contributed by atoms with E-state index in [9.17, 15) is 19.8 Å². The first-order chi connectivity index (χ1) is 22.0. The van der Waals surface area contributed by atoms with Gasteiger partial charge in [0.2, 0.25) is 11.8 Å². The molecule has 0 aliphatic rings. The highest BCUT2D eigenvalue weighted by Gasteiger charge is 2.14. The van der Waals surface area contributed by atoms with Crippen molar-refractivity contribution in [1.82, 2.24) is 20.2 Å². The second-order valence-electron chi connectivity index (χ2n) is 9.99. The SMILES string of the molecule is CCC=CCC=CCC=CCC=CCC=CCC=CCCC(=O)NCCn1c(O)cc(SCCNC(=O)c2cccnc2)c1O. The van der Waals surface area contributed by atoms with Crippen LogP contribution < -0.4 is 10.6 Å². The standard InChI is InChI=1S/C36H48N4O4S/c1-2-3-4-5-6-7-8-9-10-11-12-13-14-15-16-17-18-19-20-23-33(41)38-25-27-40-34(42)29-32(36(40)44)45-28-26-39-35(43)31-22-21-24-37-30-31/h3-4,6-7,9-10,12-13,15-16,18-19,21-22,24,29-30,42,44H,2,5,8,11,14,17,20,23,25-28H2,1H3,(H,38,41)(H,39,43). The smallest absolute Gasteiger partial charge is 0.252 e. The third-order valence-electron chi connectivity index (χ3n) is 6.37. The van der Waals surface area contributed by atoms with Crippen molar-refractivity contribution in [3.63, 3.8) is 0 Å². The van der Waals surface area contributed by atoms with Crippen LogP contribution in [0.2, 0.25) is 0 Å². The van der Waals surface area contributed by atoms with Crippen molar-refractivity contribution >= 4 is 23.6 Å². The van der Waals surface area contributed by atoms with Crippen molar-refractivity contribution in [2.45, 2.75) is 69.7 Å². The van der Waals surface area contributed by atoms with E-state index in [2.05, 4.69) is 89.4 Å². The summed E-state index contributed by atoms with van der Waals surface area (Å²) in [5.41, 5.74) is 0.480. The number of allylic oxidation sites excluding steroid dienone is 12. The van der Waals surface area contributed by atoms with Gasteiger partial charge in [0.1, 0.15) is 0 Å². The third-order valence-corrected chi connectivity index (χ3v) is 7.39. The molecule has 0 spiro atoms. The first-order valence-corrected chi connectivity index (χ1v) is 16.6. The van der Waals surface area contributed by atoms with Crippen LogP contribution in [0.5, 0.6) is 11.8 Å². The van der Waals surface area contributed by atoms with E-state index in [0.717, 1.165) is 38.5 Å². The Morgan fingerprint density at radius 1 is 0.844 bits per heavy atom. The number of aromatic hydroxyl groups is 2. The average molecular weight is 633 g/mol. The number of nitrogens with one attached hydrogen (secondary N) is 2. The van der Waals surface area contributed by atoms with E-state index in [0.29, 0.717) is 35.6 Å². The fourth-order valence-corrected chi connectivity index (χ4v) is 4.85. The molecule has 0 aliphatic carbocycles. The Morgan fingerprint density at radius 2 is 1.44 bits per heavy atom. The van der Waals surface area contributed by atoms with Crippen LogP contribution in [0.4, 0.5) is 0 Å². The molecule has 8 nitrogen and oxygen atoms in total. The predicted molar refractivity (Wildman–Crippen MR) is 186 cm³/mol. The first-order valence-electron chi connectivity index (χ1n) is 15.6. The van der Waals surface area contributed by atoms with Crippen molar-refractivity contribution < 1.29 is 19.8 Å². The number of rotatable bonds is 22. The van der Waals surface area contributed by atoms with E-state index < -0.39 is 0 Å². The molecule has 2 amide bonds. The zero-order chi connectivity index (χ0) is 32.4. The molecule has 0 saturated heterocycles. The van der Waals surface area contributed by atoms with Crippen molar-refractivity contribution in [2.24, 2.45) is 0 Å². The molecule has 0 aromatic carbocycles. The van der Waals surface area contributed by atoms with Gasteiger partial charge in [-0.15, -0.1) is 11.8 Å². The van der Waals surface area contributed by atoms with Gasteiger partial charge in [-0.3, -0.25) is 19.1 Å². The summed E-state index contributed by atoms with van der Waals surface area (Å²) in [5.74, 6) is 0.0587. The number of thioether (sulfide) groups is 1. The van der Waals surface area contributed by atoms with Gasteiger partial charge in [-0.1, -0.05) is 79.8 Å². The van der Waals surface area contributed by atoms with Crippen LogP contribution in [0, 0.1) is 0 Å². The summed E-state index contributed by atoms with van der Waals surface area (Å²) in [5, 5.41) is 26.3. The summed E-state index contributed by atoms with van der Waals surface area (Å²) in [6, 6.07) is 4.86. The summed E-state index contributed by atoms with van der Waals surface area (Å²) in [4.78, 5) is 28.7. The molecule has 2 aromatic heterocycles. The van der Waals surface area contributed by atoms with E-state index >= 15 is 0 Å². The van der Waals surface area contributed by atoms with Gasteiger partial charge < -0.3 is 20.8 Å². The van der Waals surface area contributed by atoms with Gasteiger partial charge in [0.15, 0.2) is 5.88 Å². The lowest BCUT2D eigenvalue weighted by molar-refractivity contribution is -0.121. The Balaban J connectivity index is 1.51. The Hall–Kier alpha value is -4.24. The minimum absolute atomic E-state index is 0.0664. The Kier molecular flexibility index (Phi) is 19.8. The average Bonchev–Trinajstić information content (AvgIpc) is 3.32. The van der Waals surface area contributed by atoms with Gasteiger partial charge >= 0.3 is 0 Å². The van der Waals surface area contributed by atoms with Gasteiger partial charge in [0.25, 0.3) is 5.91 Å². The minimum atomic E-state index is -0.218. The lowest BCUT2D eigenvalue weighted by Gasteiger charge is -2.09. The fourth-order valence-electron chi connectivity index (χ4n) is 4.00. The Morgan fingerprint density at radius 3 is 2.02 bits per heavy atom. The molecule has 0 saturated carbocycles. The fraction of sp³-hybridized carbons (Fsp3) is 0.361. The molecule has 2 rings (SSSR count). The molecule has 0 fully saturated rings. The molecular formula is C36H48N4O4S. The molecule has 4 N–H and O–H groups in total. The van der Waals surface area contributed by atoms with Crippen molar-refractivity contribution in [3.05, 3.63) is 109 Å². The molecule has 0 unspecified atom stereocenters. The topological polar surface area (TPSA) is 116 Å². The summed E-state index contributed by atoms with van der Waals surface area (Å²) < 4.78 is 1.35. The number of amides is 2. The summed E-state index contributed by atoms with van der Waals surface area (Å²) in [6.45, 7) is 3.05. The highest BCUT2D eigenvalue weighted by atomic mass is 32.2. The number of pyridine rings is 1. The monoisotopic (exact) mass is 632 g/mol. The lowest BCUT2D eigenvalue weighted by Crippen LogP contribution is -2.26. The number of aromatic nitrogens is 2. The molecule has 0 aliphatic heterocycles. The summed E-state index contributed by atoms with van der Waals surface area (Å²) in [6.07, 6.45) is 35.7. The summed E-state index contributed by atoms with van der Waals surface area (Å²) in [7, 11) is 0. The van der Waals surface area contributed by atoms with E-state index in [-0.39, 0.29) is 36.7 Å². The molecule has 0 atom stereocenters. The summed E-state index contributed by atoms with van der Waals surface area (Å²) >= 11 is 1.32.